The lowest BCUT2D eigenvalue weighted by molar-refractivity contribution is -0.118. The Morgan fingerprint density at radius 2 is 1.95 bits per heavy atom. The van der Waals surface area contributed by atoms with E-state index in [9.17, 15) is 13.2 Å². The highest BCUT2D eigenvalue weighted by atomic mass is 32.2. The zero-order valence-corrected chi connectivity index (χ0v) is 12.7. The third-order valence-corrected chi connectivity index (χ3v) is 4.00. The molecule has 0 bridgehead atoms. The predicted octanol–water partition coefficient (Wildman–Crippen LogP) is -0.124. The lowest BCUT2D eigenvalue weighted by atomic mass is 10.1. The number of nitrogens with one attached hydrogen (secondary N) is 2. The summed E-state index contributed by atoms with van der Waals surface area (Å²) in [5, 5.41) is 2.50. The lowest BCUT2D eigenvalue weighted by Crippen LogP contribution is -2.34. The minimum atomic E-state index is -3.51. The maximum atomic E-state index is 11.9. The standard InChI is InChI=1S/C12H17N3O3S2/c1-9(16)14-6-7-15-20(17,18)8-10-4-2-3-5-11(10)12(13)19/h2-5,15H,6-8H2,1H3,(H2,13,19)(H,14,16). The molecule has 4 N–H and O–H groups in total. The summed E-state index contributed by atoms with van der Waals surface area (Å²) in [4.78, 5) is 10.8. The highest BCUT2D eigenvalue weighted by Gasteiger charge is 2.14. The molecule has 0 spiro atoms. The number of carbonyl (C=O) groups excluding carboxylic acids is 1. The number of carbonyl (C=O) groups is 1. The number of rotatable bonds is 7. The molecule has 110 valence electrons. The maximum absolute atomic E-state index is 11.9. The van der Waals surface area contributed by atoms with Crippen LogP contribution < -0.4 is 15.8 Å². The van der Waals surface area contributed by atoms with Crippen molar-refractivity contribution in [2.45, 2.75) is 12.7 Å². The van der Waals surface area contributed by atoms with E-state index in [-0.39, 0.29) is 29.7 Å². The van der Waals surface area contributed by atoms with E-state index in [1.54, 1.807) is 24.3 Å². The van der Waals surface area contributed by atoms with E-state index in [1.165, 1.54) is 6.92 Å². The van der Waals surface area contributed by atoms with Gasteiger partial charge in [0.15, 0.2) is 0 Å². The molecule has 1 aromatic carbocycles. The highest BCUT2D eigenvalue weighted by Crippen LogP contribution is 2.11. The lowest BCUT2D eigenvalue weighted by Gasteiger charge is -2.10. The van der Waals surface area contributed by atoms with Gasteiger partial charge in [0, 0.05) is 25.6 Å². The first-order chi connectivity index (χ1) is 9.32. The first-order valence-corrected chi connectivity index (χ1v) is 7.97. The van der Waals surface area contributed by atoms with Crippen LogP contribution in [0.5, 0.6) is 0 Å². The van der Waals surface area contributed by atoms with Crippen LogP contribution in [0.2, 0.25) is 0 Å². The molecule has 20 heavy (non-hydrogen) atoms. The molecule has 1 rings (SSSR count). The summed E-state index contributed by atoms with van der Waals surface area (Å²) in [6.45, 7) is 1.75. The van der Waals surface area contributed by atoms with Crippen LogP contribution in [0.3, 0.4) is 0 Å². The van der Waals surface area contributed by atoms with E-state index in [0.717, 1.165) is 0 Å². The van der Waals surface area contributed by atoms with Gasteiger partial charge in [-0.05, 0) is 5.56 Å². The third kappa shape index (κ3) is 5.64. The summed E-state index contributed by atoms with van der Waals surface area (Å²) in [6, 6.07) is 6.82. The van der Waals surface area contributed by atoms with E-state index < -0.39 is 10.0 Å². The molecule has 0 atom stereocenters. The van der Waals surface area contributed by atoms with Crippen LogP contribution in [0.25, 0.3) is 0 Å². The van der Waals surface area contributed by atoms with Gasteiger partial charge in [0.05, 0.1) is 5.75 Å². The Labute approximate surface area is 123 Å². The van der Waals surface area contributed by atoms with Crippen molar-refractivity contribution >= 4 is 33.1 Å². The van der Waals surface area contributed by atoms with E-state index in [4.69, 9.17) is 18.0 Å². The van der Waals surface area contributed by atoms with Gasteiger partial charge in [-0.15, -0.1) is 0 Å². The summed E-state index contributed by atoms with van der Waals surface area (Å²) in [6.07, 6.45) is 0. The van der Waals surface area contributed by atoms with Crippen molar-refractivity contribution in [3.8, 4) is 0 Å². The van der Waals surface area contributed by atoms with E-state index >= 15 is 0 Å². The molecule has 0 saturated carbocycles. The maximum Gasteiger partial charge on any atom is 0.216 e. The van der Waals surface area contributed by atoms with Crippen LogP contribution in [-0.4, -0.2) is 32.4 Å². The predicted molar refractivity (Wildman–Crippen MR) is 81.6 cm³/mol. The molecule has 1 amide bonds. The molecule has 8 heteroatoms. The van der Waals surface area contributed by atoms with Crippen LogP contribution in [-0.2, 0) is 20.6 Å². The SMILES string of the molecule is CC(=O)NCCNS(=O)(=O)Cc1ccccc1C(N)=S. The minimum absolute atomic E-state index is 0.136. The fraction of sp³-hybridized carbons (Fsp3) is 0.333. The van der Waals surface area contributed by atoms with E-state index in [0.29, 0.717) is 11.1 Å². The first kappa shape index (κ1) is 16.5. The van der Waals surface area contributed by atoms with Crippen LogP contribution in [0.1, 0.15) is 18.1 Å². The average Bonchev–Trinajstić information content (AvgIpc) is 2.34. The zero-order chi connectivity index (χ0) is 15.2. The number of benzene rings is 1. The molecule has 0 aliphatic heterocycles. The molecule has 1 aromatic rings. The number of thiocarbonyl (C=S) groups is 1. The Balaban J connectivity index is 2.67. The van der Waals surface area contributed by atoms with Crippen LogP contribution in [0.4, 0.5) is 0 Å². The second kappa shape index (κ2) is 7.32. The molecule has 0 aromatic heterocycles. The van der Waals surface area contributed by atoms with Gasteiger partial charge in [-0.3, -0.25) is 4.79 Å². The molecule has 0 unspecified atom stereocenters. The van der Waals surface area contributed by atoms with Crippen molar-refractivity contribution < 1.29 is 13.2 Å². The van der Waals surface area contributed by atoms with E-state index in [2.05, 4.69) is 10.0 Å². The van der Waals surface area contributed by atoms with Gasteiger partial charge in [-0.1, -0.05) is 36.5 Å². The number of hydrogen-bond donors (Lipinski definition) is 3. The second-order valence-corrected chi connectivity index (χ2v) is 6.40. The minimum Gasteiger partial charge on any atom is -0.389 e. The molecule has 0 heterocycles. The second-order valence-electron chi connectivity index (χ2n) is 4.16. The normalized spacial score (nSPS) is 11.1. The zero-order valence-electron chi connectivity index (χ0n) is 11.0. The molecule has 0 aliphatic carbocycles. The van der Waals surface area contributed by atoms with Crippen LogP contribution in [0, 0.1) is 0 Å². The molecule has 0 radical (unpaired) electrons. The molecular formula is C12H17N3O3S2. The Morgan fingerprint density at radius 1 is 1.30 bits per heavy atom. The molecule has 0 saturated heterocycles. The van der Waals surface area contributed by atoms with Crippen LogP contribution in [0.15, 0.2) is 24.3 Å². The quantitative estimate of drug-likeness (QED) is 0.481. The largest absolute Gasteiger partial charge is 0.389 e. The van der Waals surface area contributed by atoms with Gasteiger partial charge in [0.25, 0.3) is 0 Å². The van der Waals surface area contributed by atoms with Crippen molar-refractivity contribution in [2.75, 3.05) is 13.1 Å². The van der Waals surface area contributed by atoms with Crippen molar-refractivity contribution in [1.82, 2.24) is 10.0 Å². The Kier molecular flexibility index (Phi) is 6.05. The summed E-state index contributed by atoms with van der Waals surface area (Å²) in [5.41, 5.74) is 6.66. The molecule has 0 aliphatic rings. The van der Waals surface area contributed by atoms with Crippen molar-refractivity contribution in [3.05, 3.63) is 35.4 Å². The Morgan fingerprint density at radius 3 is 2.55 bits per heavy atom. The Hall–Kier alpha value is -1.51. The number of sulfonamides is 1. The monoisotopic (exact) mass is 315 g/mol. The van der Waals surface area contributed by atoms with Gasteiger partial charge in [-0.2, -0.15) is 0 Å². The smallest absolute Gasteiger partial charge is 0.216 e. The van der Waals surface area contributed by atoms with Gasteiger partial charge in [0.2, 0.25) is 15.9 Å². The van der Waals surface area contributed by atoms with Crippen molar-refractivity contribution in [3.63, 3.8) is 0 Å². The van der Waals surface area contributed by atoms with Crippen molar-refractivity contribution in [2.24, 2.45) is 5.73 Å². The van der Waals surface area contributed by atoms with Gasteiger partial charge < -0.3 is 11.1 Å². The topological polar surface area (TPSA) is 101 Å². The van der Waals surface area contributed by atoms with E-state index in [1.807, 2.05) is 0 Å². The first-order valence-electron chi connectivity index (χ1n) is 5.91. The number of amides is 1. The molecule has 6 nitrogen and oxygen atoms in total. The summed E-state index contributed by atoms with van der Waals surface area (Å²) in [5.74, 6) is -0.413. The van der Waals surface area contributed by atoms with Gasteiger partial charge >= 0.3 is 0 Å². The summed E-state index contributed by atoms with van der Waals surface area (Å²) in [7, 11) is -3.51. The fourth-order valence-electron chi connectivity index (χ4n) is 1.59. The number of nitrogens with two attached hydrogens (primary N) is 1. The van der Waals surface area contributed by atoms with Crippen molar-refractivity contribution in [1.29, 1.82) is 0 Å². The molecule has 0 fully saturated rings. The van der Waals surface area contributed by atoms with Crippen LogP contribution >= 0.6 is 12.2 Å². The number of hydrogen-bond acceptors (Lipinski definition) is 4. The van der Waals surface area contributed by atoms with Gasteiger partial charge in [0.1, 0.15) is 4.99 Å². The third-order valence-electron chi connectivity index (χ3n) is 2.45. The van der Waals surface area contributed by atoms with Gasteiger partial charge in [-0.25, -0.2) is 13.1 Å². The Bertz CT molecular complexity index is 600. The fourth-order valence-corrected chi connectivity index (χ4v) is 2.96. The highest BCUT2D eigenvalue weighted by molar-refractivity contribution is 7.88. The summed E-state index contributed by atoms with van der Waals surface area (Å²) >= 11 is 4.89. The molecular weight excluding hydrogens is 298 g/mol. The average molecular weight is 315 g/mol. The summed E-state index contributed by atoms with van der Waals surface area (Å²) < 4.78 is 26.2.